The van der Waals surface area contributed by atoms with Crippen LogP contribution in [0.1, 0.15) is 37.7 Å². The first-order valence-corrected chi connectivity index (χ1v) is 7.17. The summed E-state index contributed by atoms with van der Waals surface area (Å²) in [6.45, 7) is 9.67. The molecule has 0 saturated carbocycles. The molecule has 2 aromatic heterocycles. The number of hydrogen-bond acceptors (Lipinski definition) is 4. The zero-order chi connectivity index (χ0) is 15.3. The summed E-state index contributed by atoms with van der Waals surface area (Å²) in [6.07, 6.45) is 3.66. The minimum absolute atomic E-state index is 0.111. The van der Waals surface area contributed by atoms with Gasteiger partial charge in [0.2, 0.25) is 0 Å². The Morgan fingerprint density at radius 2 is 1.95 bits per heavy atom. The average Bonchev–Trinajstić information content (AvgIpc) is 2.45. The summed E-state index contributed by atoms with van der Waals surface area (Å²) in [5, 5.41) is 3.44. The molecule has 4 nitrogen and oxygen atoms in total. The van der Waals surface area contributed by atoms with Gasteiger partial charge in [-0.25, -0.2) is 0 Å². The molecule has 1 N–H and O–H groups in total. The normalized spacial score (nSPS) is 11.4. The maximum absolute atomic E-state index is 5.74. The van der Waals surface area contributed by atoms with Crippen LogP contribution in [0.15, 0.2) is 36.7 Å². The van der Waals surface area contributed by atoms with E-state index in [0.717, 1.165) is 23.7 Å². The highest BCUT2D eigenvalue weighted by Crippen LogP contribution is 2.15. The quantitative estimate of drug-likeness (QED) is 0.916. The number of nitrogens with zero attached hydrogens (tertiary/aromatic N) is 2. The number of aryl methyl sites for hydroxylation is 1. The van der Waals surface area contributed by atoms with Crippen LogP contribution in [0, 0.1) is 6.92 Å². The lowest BCUT2D eigenvalue weighted by Crippen LogP contribution is -2.35. The average molecular weight is 285 g/mol. The van der Waals surface area contributed by atoms with Crippen molar-refractivity contribution in [2.24, 2.45) is 0 Å². The summed E-state index contributed by atoms with van der Waals surface area (Å²) >= 11 is 0. The van der Waals surface area contributed by atoms with E-state index in [1.165, 1.54) is 5.56 Å². The van der Waals surface area contributed by atoms with Crippen molar-refractivity contribution in [3.63, 3.8) is 0 Å². The highest BCUT2D eigenvalue weighted by Gasteiger charge is 2.08. The van der Waals surface area contributed by atoms with Gasteiger partial charge in [0.05, 0.1) is 11.4 Å². The second-order valence-corrected chi connectivity index (χ2v) is 6.14. The molecular formula is C17H23N3O. The van der Waals surface area contributed by atoms with Crippen molar-refractivity contribution in [2.45, 2.75) is 46.4 Å². The van der Waals surface area contributed by atoms with Crippen molar-refractivity contribution in [3.8, 4) is 5.75 Å². The van der Waals surface area contributed by atoms with Gasteiger partial charge in [0, 0.05) is 24.5 Å². The van der Waals surface area contributed by atoms with E-state index in [9.17, 15) is 0 Å². The number of pyridine rings is 2. The van der Waals surface area contributed by atoms with Gasteiger partial charge in [0.1, 0.15) is 12.4 Å². The first-order valence-electron chi connectivity index (χ1n) is 7.17. The molecule has 0 aliphatic carbocycles. The molecule has 0 amide bonds. The van der Waals surface area contributed by atoms with Crippen LogP contribution in [0.25, 0.3) is 0 Å². The van der Waals surface area contributed by atoms with E-state index in [-0.39, 0.29) is 5.54 Å². The van der Waals surface area contributed by atoms with Crippen molar-refractivity contribution in [3.05, 3.63) is 53.6 Å². The highest BCUT2D eigenvalue weighted by molar-refractivity contribution is 5.25. The molecule has 2 aromatic rings. The molecule has 0 aromatic carbocycles. The van der Waals surface area contributed by atoms with Crippen LogP contribution in [0.3, 0.4) is 0 Å². The summed E-state index contributed by atoms with van der Waals surface area (Å²) in [6, 6.07) is 7.88. The number of rotatable bonds is 5. The maximum Gasteiger partial charge on any atom is 0.141 e. The van der Waals surface area contributed by atoms with Crippen molar-refractivity contribution < 1.29 is 4.74 Å². The highest BCUT2D eigenvalue weighted by atomic mass is 16.5. The van der Waals surface area contributed by atoms with Gasteiger partial charge >= 0.3 is 0 Å². The first kappa shape index (κ1) is 15.4. The first-order chi connectivity index (χ1) is 9.94. The predicted octanol–water partition coefficient (Wildman–Crippen LogP) is 3.25. The van der Waals surface area contributed by atoms with Crippen LogP contribution in [0.2, 0.25) is 0 Å². The molecule has 0 radical (unpaired) electrons. The Morgan fingerprint density at radius 3 is 2.57 bits per heavy atom. The largest absolute Gasteiger partial charge is 0.485 e. The van der Waals surface area contributed by atoms with Gasteiger partial charge in [-0.05, 0) is 51.5 Å². The minimum Gasteiger partial charge on any atom is -0.485 e. The van der Waals surface area contributed by atoms with E-state index in [1.807, 2.05) is 31.3 Å². The van der Waals surface area contributed by atoms with Crippen LogP contribution in [-0.4, -0.2) is 15.5 Å². The molecule has 2 heterocycles. The van der Waals surface area contributed by atoms with Gasteiger partial charge in [-0.15, -0.1) is 0 Å². The molecule has 0 bridgehead atoms. The Balaban J connectivity index is 1.89. The predicted molar refractivity (Wildman–Crippen MR) is 84.1 cm³/mol. The maximum atomic E-state index is 5.74. The molecule has 0 aliphatic heterocycles. The third-order valence-electron chi connectivity index (χ3n) is 3.04. The van der Waals surface area contributed by atoms with E-state index in [1.54, 1.807) is 6.20 Å². The number of nitrogens with one attached hydrogen (secondary N) is 1. The fraction of sp³-hybridized carbons (Fsp3) is 0.412. The zero-order valence-corrected chi connectivity index (χ0v) is 13.2. The molecular weight excluding hydrogens is 262 g/mol. The van der Waals surface area contributed by atoms with Crippen LogP contribution in [0.4, 0.5) is 0 Å². The standard InChI is InChI=1S/C17H23N3O/c1-13-16(6-5-9-18-13)21-12-15-8-7-14(10-19-15)11-20-17(2,3)4/h5-10,20H,11-12H2,1-4H3. The molecule has 0 unspecified atom stereocenters. The SMILES string of the molecule is Cc1ncccc1OCc1ccc(CNC(C)(C)C)cn1. The topological polar surface area (TPSA) is 47.0 Å². The van der Waals surface area contributed by atoms with Gasteiger partial charge in [-0.3, -0.25) is 9.97 Å². The number of aromatic nitrogens is 2. The Kier molecular flexibility index (Phi) is 4.91. The van der Waals surface area contributed by atoms with Crippen molar-refractivity contribution in [2.75, 3.05) is 0 Å². The van der Waals surface area contributed by atoms with Crippen molar-refractivity contribution in [1.29, 1.82) is 0 Å². The Morgan fingerprint density at radius 1 is 1.14 bits per heavy atom. The van der Waals surface area contributed by atoms with Crippen LogP contribution in [0.5, 0.6) is 5.75 Å². The van der Waals surface area contributed by atoms with Crippen molar-refractivity contribution in [1.82, 2.24) is 15.3 Å². The molecule has 0 saturated heterocycles. The Hall–Kier alpha value is -1.94. The van der Waals surface area contributed by atoms with Crippen molar-refractivity contribution >= 4 is 0 Å². The van der Waals surface area contributed by atoms with E-state index < -0.39 is 0 Å². The van der Waals surface area contributed by atoms with E-state index in [0.29, 0.717) is 6.61 Å². The van der Waals surface area contributed by atoms with Gasteiger partial charge in [-0.2, -0.15) is 0 Å². The summed E-state index contributed by atoms with van der Waals surface area (Å²) in [5.41, 5.74) is 3.09. The van der Waals surface area contributed by atoms with E-state index >= 15 is 0 Å². The lowest BCUT2D eigenvalue weighted by Gasteiger charge is -2.20. The molecule has 4 heteroatoms. The molecule has 112 valence electrons. The number of ether oxygens (including phenoxy) is 1. The summed E-state index contributed by atoms with van der Waals surface area (Å²) in [7, 11) is 0. The third-order valence-corrected chi connectivity index (χ3v) is 3.04. The van der Waals surface area contributed by atoms with Gasteiger partial charge < -0.3 is 10.1 Å². The Bertz CT molecular complexity index is 573. The molecule has 0 spiro atoms. The zero-order valence-electron chi connectivity index (χ0n) is 13.2. The lowest BCUT2D eigenvalue weighted by molar-refractivity contribution is 0.297. The van der Waals surface area contributed by atoms with Gasteiger partial charge in [0.25, 0.3) is 0 Å². The monoisotopic (exact) mass is 285 g/mol. The molecule has 21 heavy (non-hydrogen) atoms. The van der Waals surface area contributed by atoms with Crippen LogP contribution >= 0.6 is 0 Å². The van der Waals surface area contributed by atoms with Gasteiger partial charge in [0.15, 0.2) is 0 Å². The van der Waals surface area contributed by atoms with Crippen LogP contribution < -0.4 is 10.1 Å². The molecule has 2 rings (SSSR count). The van der Waals surface area contributed by atoms with Crippen LogP contribution in [-0.2, 0) is 13.2 Å². The minimum atomic E-state index is 0.111. The second-order valence-electron chi connectivity index (χ2n) is 6.14. The third kappa shape index (κ3) is 5.16. The molecule has 0 aliphatic rings. The second kappa shape index (κ2) is 6.68. The molecule has 0 atom stereocenters. The smallest absolute Gasteiger partial charge is 0.141 e. The summed E-state index contributed by atoms with van der Waals surface area (Å²) < 4.78 is 5.74. The fourth-order valence-corrected chi connectivity index (χ4v) is 1.79. The van der Waals surface area contributed by atoms with E-state index in [2.05, 4.69) is 42.1 Å². The Labute approximate surface area is 126 Å². The van der Waals surface area contributed by atoms with E-state index in [4.69, 9.17) is 4.74 Å². The fourth-order valence-electron chi connectivity index (χ4n) is 1.79. The molecule has 0 fully saturated rings. The summed E-state index contributed by atoms with van der Waals surface area (Å²) in [5.74, 6) is 0.803. The summed E-state index contributed by atoms with van der Waals surface area (Å²) in [4.78, 5) is 8.64. The lowest BCUT2D eigenvalue weighted by atomic mass is 10.1. The number of hydrogen-bond donors (Lipinski definition) is 1. The van der Waals surface area contributed by atoms with Gasteiger partial charge in [-0.1, -0.05) is 6.07 Å².